The first-order chi connectivity index (χ1) is 11.6. The van der Waals surface area contributed by atoms with Gasteiger partial charge in [0.05, 0.1) is 6.54 Å². The highest BCUT2D eigenvalue weighted by Crippen LogP contribution is 2.18. The third-order valence-electron chi connectivity index (χ3n) is 3.89. The Balaban J connectivity index is 1.75. The minimum atomic E-state index is -0.109. The van der Waals surface area contributed by atoms with Gasteiger partial charge in [-0.2, -0.15) is 26.3 Å². The molecule has 0 atom stereocenters. The molecule has 3 heterocycles. The molecule has 0 aliphatic carbocycles. The molecule has 3 rings (SSSR count). The van der Waals surface area contributed by atoms with Gasteiger partial charge < -0.3 is 15.1 Å². The van der Waals surface area contributed by atoms with Gasteiger partial charge in [0.2, 0.25) is 11.9 Å². The summed E-state index contributed by atoms with van der Waals surface area (Å²) in [7, 11) is 3.81. The minimum Gasteiger partial charge on any atom is -0.347 e. The van der Waals surface area contributed by atoms with Crippen LogP contribution in [-0.2, 0) is 6.54 Å². The van der Waals surface area contributed by atoms with Gasteiger partial charge >= 0.3 is 0 Å². The molecule has 8 heteroatoms. The molecule has 0 aromatic carbocycles. The van der Waals surface area contributed by atoms with E-state index in [1.807, 2.05) is 29.8 Å². The van der Waals surface area contributed by atoms with Crippen LogP contribution in [0, 0.1) is 0 Å². The molecular weight excluding hydrogens is 324 g/mol. The zero-order valence-corrected chi connectivity index (χ0v) is 14.8. The van der Waals surface area contributed by atoms with Crippen molar-refractivity contribution in [2.75, 3.05) is 37.0 Å². The second-order valence-corrected chi connectivity index (χ2v) is 6.77. The summed E-state index contributed by atoms with van der Waals surface area (Å²) >= 11 is 1.50. The first-order valence-electron chi connectivity index (χ1n) is 8.11. The van der Waals surface area contributed by atoms with E-state index in [4.69, 9.17) is 0 Å². The monoisotopic (exact) mass is 346 g/mol. The van der Waals surface area contributed by atoms with Crippen molar-refractivity contribution in [2.24, 2.45) is 0 Å². The van der Waals surface area contributed by atoms with Crippen LogP contribution in [0.2, 0.25) is 0 Å². The lowest BCUT2D eigenvalue weighted by Crippen LogP contribution is -2.32. The summed E-state index contributed by atoms with van der Waals surface area (Å²) in [5.74, 6) is 1.79. The van der Waals surface area contributed by atoms with Gasteiger partial charge in [-0.15, -0.1) is 0 Å². The van der Waals surface area contributed by atoms with Gasteiger partial charge in [0.25, 0.3) is 5.91 Å². The fraction of sp³-hybridized carbons (Fsp3) is 0.500. The maximum Gasteiger partial charge on any atom is 0.252 e. The summed E-state index contributed by atoms with van der Waals surface area (Å²) in [6.07, 6.45) is 3.58. The van der Waals surface area contributed by atoms with Crippen molar-refractivity contribution in [2.45, 2.75) is 25.8 Å². The summed E-state index contributed by atoms with van der Waals surface area (Å²) in [5.41, 5.74) is 0.665. The van der Waals surface area contributed by atoms with Crippen molar-refractivity contribution < 1.29 is 4.79 Å². The number of carbonyl (C=O) groups is 1. The van der Waals surface area contributed by atoms with E-state index in [2.05, 4.69) is 25.2 Å². The molecule has 7 nitrogen and oxygen atoms in total. The van der Waals surface area contributed by atoms with Gasteiger partial charge in [-0.3, -0.25) is 4.79 Å². The van der Waals surface area contributed by atoms with Crippen LogP contribution in [-0.4, -0.2) is 48.0 Å². The number of rotatable bonds is 5. The largest absolute Gasteiger partial charge is 0.347 e. The molecule has 2 aromatic rings. The van der Waals surface area contributed by atoms with E-state index >= 15 is 0 Å². The van der Waals surface area contributed by atoms with Crippen molar-refractivity contribution in [3.63, 3.8) is 0 Å². The summed E-state index contributed by atoms with van der Waals surface area (Å²) in [6.45, 7) is 2.23. The number of aromatic nitrogens is 3. The smallest absolute Gasteiger partial charge is 0.252 e. The normalized spacial score (nSPS) is 14.5. The highest BCUT2D eigenvalue weighted by atomic mass is 32.1. The van der Waals surface area contributed by atoms with Crippen molar-refractivity contribution >= 4 is 29.1 Å². The topological polar surface area (TPSA) is 74.2 Å². The van der Waals surface area contributed by atoms with E-state index in [0.717, 1.165) is 25.9 Å². The minimum absolute atomic E-state index is 0.109. The Morgan fingerprint density at radius 2 is 2.04 bits per heavy atom. The number of hydrogen-bond acceptors (Lipinski definition) is 7. The predicted octanol–water partition coefficient (Wildman–Crippen LogP) is 1.92. The number of carbonyl (C=O) groups excluding carboxylic acids is 1. The predicted molar refractivity (Wildman–Crippen MR) is 95.7 cm³/mol. The first kappa shape index (κ1) is 16.6. The summed E-state index contributed by atoms with van der Waals surface area (Å²) in [5, 5.41) is 6.59. The van der Waals surface area contributed by atoms with Crippen LogP contribution in [0.4, 0.5) is 11.9 Å². The third-order valence-corrected chi connectivity index (χ3v) is 4.57. The van der Waals surface area contributed by atoms with Crippen LogP contribution in [0.3, 0.4) is 0 Å². The van der Waals surface area contributed by atoms with Crippen molar-refractivity contribution in [1.29, 1.82) is 0 Å². The highest BCUT2D eigenvalue weighted by molar-refractivity contribution is 7.08. The maximum atomic E-state index is 12.1. The van der Waals surface area contributed by atoms with E-state index in [1.54, 1.807) is 6.07 Å². The van der Waals surface area contributed by atoms with Crippen LogP contribution < -0.4 is 15.1 Å². The Morgan fingerprint density at radius 3 is 2.71 bits per heavy atom. The second kappa shape index (κ2) is 7.57. The molecule has 1 N–H and O–H groups in total. The Kier molecular flexibility index (Phi) is 5.24. The fourth-order valence-electron chi connectivity index (χ4n) is 2.56. The lowest BCUT2D eigenvalue weighted by molar-refractivity contribution is 0.0950. The SMILES string of the molecule is CN(C)c1nc(CNC(=O)c2ccsc2)nc(N2CCCCC2)n1. The average molecular weight is 346 g/mol. The molecule has 0 saturated carbocycles. The Hall–Kier alpha value is -2.22. The number of hydrogen-bond donors (Lipinski definition) is 1. The fourth-order valence-corrected chi connectivity index (χ4v) is 3.20. The number of amides is 1. The molecule has 0 bridgehead atoms. The third kappa shape index (κ3) is 4.00. The standard InChI is InChI=1S/C16H22N6OS/c1-21(2)15-18-13(10-17-14(23)12-6-9-24-11-12)19-16(20-15)22-7-4-3-5-8-22/h6,9,11H,3-5,7-8,10H2,1-2H3,(H,17,23). The van der Waals surface area contributed by atoms with Gasteiger partial charge in [0.15, 0.2) is 5.82 Å². The summed E-state index contributed by atoms with van der Waals surface area (Å²) < 4.78 is 0. The van der Waals surface area contributed by atoms with E-state index in [0.29, 0.717) is 29.8 Å². The number of anilines is 2. The molecule has 1 fully saturated rings. The second-order valence-electron chi connectivity index (χ2n) is 5.99. The van der Waals surface area contributed by atoms with Crippen molar-refractivity contribution in [1.82, 2.24) is 20.3 Å². The van der Waals surface area contributed by atoms with Crippen LogP contribution in [0.5, 0.6) is 0 Å². The molecule has 1 amide bonds. The maximum absolute atomic E-state index is 12.1. The van der Waals surface area contributed by atoms with Gasteiger partial charge in [0, 0.05) is 38.1 Å². The highest BCUT2D eigenvalue weighted by Gasteiger charge is 2.17. The lowest BCUT2D eigenvalue weighted by atomic mass is 10.1. The quantitative estimate of drug-likeness (QED) is 0.892. The number of nitrogens with zero attached hydrogens (tertiary/aromatic N) is 5. The van der Waals surface area contributed by atoms with Gasteiger partial charge in [-0.25, -0.2) is 0 Å². The van der Waals surface area contributed by atoms with Crippen molar-refractivity contribution in [3.8, 4) is 0 Å². The Morgan fingerprint density at radius 1 is 1.25 bits per heavy atom. The lowest BCUT2D eigenvalue weighted by Gasteiger charge is -2.27. The van der Waals surface area contributed by atoms with E-state index < -0.39 is 0 Å². The zero-order chi connectivity index (χ0) is 16.9. The molecule has 0 radical (unpaired) electrons. The molecule has 1 aliphatic rings. The molecular formula is C16H22N6OS. The molecule has 24 heavy (non-hydrogen) atoms. The molecule has 1 saturated heterocycles. The van der Waals surface area contributed by atoms with Crippen LogP contribution in [0.1, 0.15) is 35.4 Å². The molecule has 1 aliphatic heterocycles. The molecule has 128 valence electrons. The van der Waals surface area contributed by atoms with Gasteiger partial charge in [-0.1, -0.05) is 0 Å². The Bertz CT molecular complexity index is 682. The summed E-state index contributed by atoms with van der Waals surface area (Å²) in [4.78, 5) is 29.7. The number of thiophene rings is 1. The average Bonchev–Trinajstić information content (AvgIpc) is 3.15. The van der Waals surface area contributed by atoms with Crippen LogP contribution >= 0.6 is 11.3 Å². The van der Waals surface area contributed by atoms with E-state index in [-0.39, 0.29) is 5.91 Å². The molecule has 0 spiro atoms. The zero-order valence-electron chi connectivity index (χ0n) is 14.0. The molecule has 2 aromatic heterocycles. The Labute approximate surface area is 145 Å². The van der Waals surface area contributed by atoms with Crippen molar-refractivity contribution in [3.05, 3.63) is 28.2 Å². The number of nitrogens with one attached hydrogen (secondary N) is 1. The van der Waals surface area contributed by atoms with Gasteiger partial charge in [-0.05, 0) is 30.7 Å². The first-order valence-corrected chi connectivity index (χ1v) is 9.05. The molecule has 0 unspecified atom stereocenters. The van der Waals surface area contributed by atoms with Gasteiger partial charge in [0.1, 0.15) is 0 Å². The van der Waals surface area contributed by atoms with Crippen LogP contribution in [0.25, 0.3) is 0 Å². The summed E-state index contributed by atoms with van der Waals surface area (Å²) in [6, 6.07) is 1.80. The van der Waals surface area contributed by atoms with E-state index in [9.17, 15) is 4.79 Å². The number of piperidine rings is 1. The van der Waals surface area contributed by atoms with E-state index in [1.165, 1.54) is 17.8 Å². The van der Waals surface area contributed by atoms with Crippen LogP contribution in [0.15, 0.2) is 16.8 Å².